The lowest BCUT2D eigenvalue weighted by molar-refractivity contribution is 0.500. The number of benzene rings is 2. The minimum Gasteiger partial charge on any atom is -0.342 e. The monoisotopic (exact) mass is 280 g/mol. The van der Waals surface area contributed by atoms with Crippen LogP contribution in [0.15, 0.2) is 30.3 Å². The van der Waals surface area contributed by atoms with E-state index in [9.17, 15) is 17.6 Å². The highest BCUT2D eigenvalue weighted by molar-refractivity contribution is 5.75. The summed E-state index contributed by atoms with van der Waals surface area (Å²) in [5.41, 5.74) is 0.649. The number of fused-ring (bicyclic) bond motifs is 1. The number of hydrogen-bond donors (Lipinski definition) is 1. The molecule has 102 valence electrons. The van der Waals surface area contributed by atoms with Gasteiger partial charge in [0, 0.05) is 18.6 Å². The molecular formula is C14H8F4N2. The Hall–Kier alpha value is -2.37. The lowest BCUT2D eigenvalue weighted by Crippen LogP contribution is -1.97. The first-order valence-electron chi connectivity index (χ1n) is 5.81. The second-order valence-corrected chi connectivity index (χ2v) is 4.36. The van der Waals surface area contributed by atoms with Gasteiger partial charge in [0.25, 0.3) is 0 Å². The predicted molar refractivity (Wildman–Crippen MR) is 65.2 cm³/mol. The molecule has 0 spiro atoms. The SMILES string of the molecule is Fc1cc2nc(Cc3cccc(F)c3F)[nH]c2cc1F. The summed E-state index contributed by atoms with van der Waals surface area (Å²) in [6, 6.07) is 5.75. The molecule has 6 heteroatoms. The van der Waals surface area contributed by atoms with Gasteiger partial charge in [-0.3, -0.25) is 0 Å². The minimum absolute atomic E-state index is 0.00150. The summed E-state index contributed by atoms with van der Waals surface area (Å²) in [6.07, 6.45) is 0.00150. The number of nitrogens with one attached hydrogen (secondary N) is 1. The number of hydrogen-bond acceptors (Lipinski definition) is 1. The molecule has 1 aromatic heterocycles. The van der Waals surface area contributed by atoms with Gasteiger partial charge in [-0.1, -0.05) is 12.1 Å². The van der Waals surface area contributed by atoms with Gasteiger partial charge in [0.15, 0.2) is 23.3 Å². The molecule has 0 saturated carbocycles. The summed E-state index contributed by atoms with van der Waals surface area (Å²) in [5.74, 6) is -3.60. The van der Waals surface area contributed by atoms with Crippen LogP contribution in [0.4, 0.5) is 17.6 Å². The fraction of sp³-hybridized carbons (Fsp3) is 0.0714. The van der Waals surface area contributed by atoms with Crippen LogP contribution in [0.5, 0.6) is 0 Å². The van der Waals surface area contributed by atoms with E-state index in [4.69, 9.17) is 0 Å². The van der Waals surface area contributed by atoms with Gasteiger partial charge in [0.1, 0.15) is 5.82 Å². The Kier molecular flexibility index (Phi) is 2.93. The molecule has 0 saturated heterocycles. The minimum atomic E-state index is -1.01. The molecule has 0 fully saturated rings. The second-order valence-electron chi connectivity index (χ2n) is 4.36. The summed E-state index contributed by atoms with van der Waals surface area (Å²) < 4.78 is 52.8. The topological polar surface area (TPSA) is 28.7 Å². The number of halogens is 4. The standard InChI is InChI=1S/C14H8F4N2/c15-8-3-1-2-7(14(8)18)4-13-19-11-5-9(16)10(17)6-12(11)20-13/h1-3,5-6H,4H2,(H,19,20). The van der Waals surface area contributed by atoms with Gasteiger partial charge in [-0.15, -0.1) is 0 Å². The summed E-state index contributed by atoms with van der Waals surface area (Å²) in [7, 11) is 0. The summed E-state index contributed by atoms with van der Waals surface area (Å²) in [4.78, 5) is 6.78. The first-order valence-corrected chi connectivity index (χ1v) is 5.81. The van der Waals surface area contributed by atoms with Crippen molar-refractivity contribution in [3.63, 3.8) is 0 Å². The number of rotatable bonds is 2. The molecule has 20 heavy (non-hydrogen) atoms. The number of aromatic nitrogens is 2. The van der Waals surface area contributed by atoms with Crippen LogP contribution in [0.25, 0.3) is 11.0 Å². The zero-order valence-corrected chi connectivity index (χ0v) is 10.1. The summed E-state index contributed by atoms with van der Waals surface area (Å²) in [5, 5.41) is 0. The molecule has 0 aliphatic carbocycles. The van der Waals surface area contributed by atoms with Crippen molar-refractivity contribution in [3.8, 4) is 0 Å². The third kappa shape index (κ3) is 2.13. The van der Waals surface area contributed by atoms with Gasteiger partial charge in [-0.05, 0) is 11.6 Å². The highest BCUT2D eigenvalue weighted by atomic mass is 19.2. The molecular weight excluding hydrogens is 272 g/mol. The molecule has 0 unspecified atom stereocenters. The first kappa shape index (κ1) is 12.7. The first-order chi connectivity index (χ1) is 9.54. The van der Waals surface area contributed by atoms with Crippen molar-refractivity contribution in [3.05, 3.63) is 65.0 Å². The largest absolute Gasteiger partial charge is 0.342 e. The lowest BCUT2D eigenvalue weighted by Gasteiger charge is -2.01. The molecule has 2 aromatic carbocycles. The number of aromatic amines is 1. The Balaban J connectivity index is 2.01. The van der Waals surface area contributed by atoms with Crippen LogP contribution in [0.2, 0.25) is 0 Å². The molecule has 0 radical (unpaired) electrons. The van der Waals surface area contributed by atoms with Crippen LogP contribution >= 0.6 is 0 Å². The van der Waals surface area contributed by atoms with Gasteiger partial charge in [0.2, 0.25) is 0 Å². The molecule has 0 bridgehead atoms. The van der Waals surface area contributed by atoms with E-state index < -0.39 is 23.3 Å². The Bertz CT molecular complexity index is 756. The van der Waals surface area contributed by atoms with Crippen molar-refractivity contribution in [2.45, 2.75) is 6.42 Å². The van der Waals surface area contributed by atoms with E-state index in [0.29, 0.717) is 11.3 Å². The Labute approximate surface area is 111 Å². The van der Waals surface area contributed by atoms with Crippen LogP contribution in [-0.2, 0) is 6.42 Å². The van der Waals surface area contributed by atoms with Crippen molar-refractivity contribution in [2.24, 2.45) is 0 Å². The number of imidazole rings is 1. The van der Waals surface area contributed by atoms with E-state index in [-0.39, 0.29) is 17.5 Å². The average Bonchev–Trinajstić information content (AvgIpc) is 2.77. The summed E-state index contributed by atoms with van der Waals surface area (Å²) >= 11 is 0. The van der Waals surface area contributed by atoms with Crippen LogP contribution in [0.3, 0.4) is 0 Å². The van der Waals surface area contributed by atoms with Gasteiger partial charge < -0.3 is 4.98 Å². The van der Waals surface area contributed by atoms with E-state index in [1.165, 1.54) is 12.1 Å². The number of nitrogens with zero attached hydrogens (tertiary/aromatic N) is 1. The van der Waals surface area contributed by atoms with E-state index in [2.05, 4.69) is 9.97 Å². The van der Waals surface area contributed by atoms with E-state index in [0.717, 1.165) is 18.2 Å². The Morgan fingerprint density at radius 1 is 0.950 bits per heavy atom. The van der Waals surface area contributed by atoms with Crippen molar-refractivity contribution >= 4 is 11.0 Å². The van der Waals surface area contributed by atoms with Crippen LogP contribution in [0.1, 0.15) is 11.4 Å². The quantitative estimate of drug-likeness (QED) is 0.712. The molecule has 1 N–H and O–H groups in total. The zero-order valence-electron chi connectivity index (χ0n) is 10.1. The third-order valence-corrected chi connectivity index (χ3v) is 2.96. The van der Waals surface area contributed by atoms with Crippen molar-refractivity contribution in [2.75, 3.05) is 0 Å². The molecule has 0 amide bonds. The fourth-order valence-corrected chi connectivity index (χ4v) is 2.01. The van der Waals surface area contributed by atoms with Gasteiger partial charge in [-0.2, -0.15) is 0 Å². The van der Waals surface area contributed by atoms with Crippen LogP contribution in [0, 0.1) is 23.3 Å². The van der Waals surface area contributed by atoms with Crippen molar-refractivity contribution < 1.29 is 17.6 Å². The highest BCUT2D eigenvalue weighted by Gasteiger charge is 2.12. The number of H-pyrrole nitrogens is 1. The van der Waals surface area contributed by atoms with Gasteiger partial charge >= 0.3 is 0 Å². The summed E-state index contributed by atoms with van der Waals surface area (Å²) in [6.45, 7) is 0. The highest BCUT2D eigenvalue weighted by Crippen LogP contribution is 2.19. The predicted octanol–water partition coefficient (Wildman–Crippen LogP) is 3.71. The molecule has 0 aliphatic rings. The molecule has 0 aliphatic heterocycles. The zero-order chi connectivity index (χ0) is 14.3. The van der Waals surface area contributed by atoms with Gasteiger partial charge in [-0.25, -0.2) is 22.5 Å². The second kappa shape index (κ2) is 4.63. The Morgan fingerprint density at radius 2 is 1.70 bits per heavy atom. The maximum Gasteiger partial charge on any atom is 0.162 e. The van der Waals surface area contributed by atoms with E-state index in [1.807, 2.05) is 0 Å². The lowest BCUT2D eigenvalue weighted by atomic mass is 10.1. The molecule has 3 aromatic rings. The van der Waals surface area contributed by atoms with E-state index >= 15 is 0 Å². The van der Waals surface area contributed by atoms with Crippen molar-refractivity contribution in [1.82, 2.24) is 9.97 Å². The molecule has 1 heterocycles. The van der Waals surface area contributed by atoms with Crippen molar-refractivity contribution in [1.29, 1.82) is 0 Å². The third-order valence-electron chi connectivity index (χ3n) is 2.96. The Morgan fingerprint density at radius 3 is 2.50 bits per heavy atom. The molecule has 2 nitrogen and oxygen atoms in total. The fourth-order valence-electron chi connectivity index (χ4n) is 2.01. The molecule has 0 atom stereocenters. The maximum atomic E-state index is 13.5. The van der Waals surface area contributed by atoms with Crippen LogP contribution in [-0.4, -0.2) is 9.97 Å². The normalized spacial score (nSPS) is 11.2. The van der Waals surface area contributed by atoms with E-state index in [1.54, 1.807) is 0 Å². The smallest absolute Gasteiger partial charge is 0.162 e. The molecule has 3 rings (SSSR count). The van der Waals surface area contributed by atoms with Crippen LogP contribution < -0.4 is 0 Å². The van der Waals surface area contributed by atoms with Gasteiger partial charge in [0.05, 0.1) is 11.0 Å². The maximum absolute atomic E-state index is 13.5. The average molecular weight is 280 g/mol.